The topological polar surface area (TPSA) is 68.3 Å². The highest BCUT2D eigenvalue weighted by molar-refractivity contribution is 6.05. The van der Waals surface area contributed by atoms with E-state index in [0.717, 1.165) is 24.0 Å². The minimum atomic E-state index is -0.518. The number of ether oxygens (including phenoxy) is 1. The van der Waals surface area contributed by atoms with E-state index in [4.69, 9.17) is 9.72 Å². The van der Waals surface area contributed by atoms with E-state index in [9.17, 15) is 9.59 Å². The summed E-state index contributed by atoms with van der Waals surface area (Å²) in [5, 5.41) is 3.53. The summed E-state index contributed by atoms with van der Waals surface area (Å²) in [5.41, 5.74) is 5.07. The van der Waals surface area contributed by atoms with Crippen LogP contribution in [0.25, 0.3) is 22.2 Å². The fraction of sp³-hybridized carbons (Fsp3) is 0.261. The molecule has 1 aromatic heterocycles. The lowest BCUT2D eigenvalue weighted by atomic mass is 9.99. The Morgan fingerprint density at radius 3 is 2.64 bits per heavy atom. The van der Waals surface area contributed by atoms with Gasteiger partial charge in [-0.25, -0.2) is 9.78 Å². The Morgan fingerprint density at radius 1 is 1.11 bits per heavy atom. The van der Waals surface area contributed by atoms with Crippen molar-refractivity contribution in [2.24, 2.45) is 0 Å². The molecule has 0 atom stereocenters. The Labute approximate surface area is 163 Å². The van der Waals surface area contributed by atoms with Crippen LogP contribution in [0.2, 0.25) is 0 Å². The van der Waals surface area contributed by atoms with Crippen LogP contribution >= 0.6 is 0 Å². The Kier molecular flexibility index (Phi) is 4.82. The summed E-state index contributed by atoms with van der Waals surface area (Å²) in [6, 6.07) is 15.6. The van der Waals surface area contributed by atoms with E-state index in [0.29, 0.717) is 22.2 Å². The predicted octanol–water partition coefficient (Wildman–Crippen LogP) is 3.95. The second-order valence-corrected chi connectivity index (χ2v) is 7.31. The number of aromatic nitrogens is 1. The largest absolute Gasteiger partial charge is 0.452 e. The smallest absolute Gasteiger partial charge is 0.339 e. The third-order valence-corrected chi connectivity index (χ3v) is 4.87. The second-order valence-electron chi connectivity index (χ2n) is 7.31. The average molecular weight is 374 g/mol. The summed E-state index contributed by atoms with van der Waals surface area (Å²) < 4.78 is 5.29. The highest BCUT2D eigenvalue weighted by Gasteiger charge is 2.24. The molecule has 1 heterocycles. The normalized spacial score (nSPS) is 13.4. The van der Waals surface area contributed by atoms with Gasteiger partial charge in [0, 0.05) is 17.0 Å². The summed E-state index contributed by atoms with van der Waals surface area (Å²) in [4.78, 5) is 29.3. The average Bonchev–Trinajstić information content (AvgIpc) is 3.49. The molecule has 1 N–H and O–H groups in total. The standard InChI is InChI=1S/C23H22N2O3/c1-14-7-10-17(15(2)11-14)21-12-19(18-5-3-4-6-20(18)25-21)23(27)28-13-22(26)24-16-8-9-16/h3-7,10-12,16H,8-9,13H2,1-2H3,(H,24,26). The Morgan fingerprint density at radius 2 is 1.89 bits per heavy atom. The van der Waals surface area contributed by atoms with E-state index < -0.39 is 5.97 Å². The lowest BCUT2D eigenvalue weighted by Crippen LogP contribution is -2.30. The van der Waals surface area contributed by atoms with E-state index in [-0.39, 0.29) is 18.6 Å². The minimum absolute atomic E-state index is 0.240. The van der Waals surface area contributed by atoms with Gasteiger partial charge in [0.1, 0.15) is 0 Å². The van der Waals surface area contributed by atoms with Crippen molar-refractivity contribution in [3.8, 4) is 11.3 Å². The molecular formula is C23H22N2O3. The summed E-state index contributed by atoms with van der Waals surface area (Å²) in [5.74, 6) is -0.778. The van der Waals surface area contributed by atoms with Gasteiger partial charge in [0.25, 0.3) is 5.91 Å². The maximum Gasteiger partial charge on any atom is 0.339 e. The number of esters is 1. The van der Waals surface area contributed by atoms with Crippen molar-refractivity contribution < 1.29 is 14.3 Å². The van der Waals surface area contributed by atoms with Crippen molar-refractivity contribution in [1.29, 1.82) is 0 Å². The first-order valence-electron chi connectivity index (χ1n) is 9.45. The monoisotopic (exact) mass is 374 g/mol. The summed E-state index contributed by atoms with van der Waals surface area (Å²) >= 11 is 0. The molecule has 1 aliphatic rings. The summed E-state index contributed by atoms with van der Waals surface area (Å²) in [6.07, 6.45) is 1.99. The molecule has 1 aliphatic carbocycles. The molecular weight excluding hydrogens is 352 g/mol. The van der Waals surface area contributed by atoms with Crippen LogP contribution < -0.4 is 5.32 Å². The first-order valence-corrected chi connectivity index (χ1v) is 9.45. The number of carbonyl (C=O) groups excluding carboxylic acids is 2. The molecule has 1 amide bonds. The number of nitrogens with zero attached hydrogens (tertiary/aromatic N) is 1. The lowest BCUT2D eigenvalue weighted by molar-refractivity contribution is -0.124. The van der Waals surface area contributed by atoms with E-state index in [2.05, 4.69) is 11.4 Å². The van der Waals surface area contributed by atoms with Crippen molar-refractivity contribution in [3.63, 3.8) is 0 Å². The number of fused-ring (bicyclic) bond motifs is 1. The van der Waals surface area contributed by atoms with Gasteiger partial charge < -0.3 is 10.1 Å². The molecule has 0 unspecified atom stereocenters. The molecule has 1 saturated carbocycles. The maximum atomic E-state index is 12.8. The number of rotatable bonds is 5. The third kappa shape index (κ3) is 3.88. The highest BCUT2D eigenvalue weighted by Crippen LogP contribution is 2.28. The van der Waals surface area contributed by atoms with Crippen molar-refractivity contribution in [2.45, 2.75) is 32.7 Å². The van der Waals surface area contributed by atoms with Gasteiger partial charge in [-0.15, -0.1) is 0 Å². The van der Waals surface area contributed by atoms with Gasteiger partial charge in [0.05, 0.1) is 16.8 Å². The van der Waals surface area contributed by atoms with Crippen LogP contribution in [-0.4, -0.2) is 29.5 Å². The molecule has 5 nitrogen and oxygen atoms in total. The first-order chi connectivity index (χ1) is 13.5. The highest BCUT2D eigenvalue weighted by atomic mass is 16.5. The predicted molar refractivity (Wildman–Crippen MR) is 108 cm³/mol. The van der Waals surface area contributed by atoms with E-state index >= 15 is 0 Å². The molecule has 1 fully saturated rings. The van der Waals surface area contributed by atoms with Crippen LogP contribution in [-0.2, 0) is 9.53 Å². The summed E-state index contributed by atoms with van der Waals surface area (Å²) in [6.45, 7) is 3.80. The molecule has 0 spiro atoms. The third-order valence-electron chi connectivity index (χ3n) is 4.87. The number of hydrogen-bond donors (Lipinski definition) is 1. The molecule has 0 radical (unpaired) electrons. The van der Waals surface area contributed by atoms with E-state index in [1.807, 2.05) is 50.2 Å². The van der Waals surface area contributed by atoms with Crippen LogP contribution in [0.3, 0.4) is 0 Å². The Hall–Kier alpha value is -3.21. The number of benzene rings is 2. The zero-order chi connectivity index (χ0) is 19.7. The van der Waals surface area contributed by atoms with Crippen LogP contribution in [0.1, 0.15) is 34.3 Å². The van der Waals surface area contributed by atoms with Gasteiger partial charge in [0.2, 0.25) is 0 Å². The van der Waals surface area contributed by atoms with Crippen LogP contribution in [0.5, 0.6) is 0 Å². The van der Waals surface area contributed by atoms with Crippen molar-refractivity contribution in [3.05, 3.63) is 65.2 Å². The summed E-state index contributed by atoms with van der Waals surface area (Å²) in [7, 11) is 0. The van der Waals surface area contributed by atoms with Crippen molar-refractivity contribution in [1.82, 2.24) is 10.3 Å². The molecule has 3 aromatic rings. The number of carbonyl (C=O) groups is 2. The number of amides is 1. The Balaban J connectivity index is 1.67. The van der Waals surface area contributed by atoms with Gasteiger partial charge in [-0.3, -0.25) is 4.79 Å². The number of hydrogen-bond acceptors (Lipinski definition) is 4. The molecule has 5 heteroatoms. The zero-order valence-corrected chi connectivity index (χ0v) is 16.0. The van der Waals surface area contributed by atoms with E-state index in [1.54, 1.807) is 6.07 Å². The van der Waals surface area contributed by atoms with E-state index in [1.165, 1.54) is 5.56 Å². The SMILES string of the molecule is Cc1ccc(-c2cc(C(=O)OCC(=O)NC3CC3)c3ccccc3n2)c(C)c1. The van der Waals surface area contributed by atoms with Crippen LogP contribution in [0.15, 0.2) is 48.5 Å². The number of pyridine rings is 1. The molecule has 28 heavy (non-hydrogen) atoms. The molecule has 4 rings (SSSR count). The van der Waals surface area contributed by atoms with Gasteiger partial charge in [-0.05, 0) is 44.4 Å². The lowest BCUT2D eigenvalue weighted by Gasteiger charge is -2.12. The van der Waals surface area contributed by atoms with Crippen molar-refractivity contribution in [2.75, 3.05) is 6.61 Å². The van der Waals surface area contributed by atoms with Gasteiger partial charge in [-0.1, -0.05) is 42.0 Å². The van der Waals surface area contributed by atoms with Gasteiger partial charge >= 0.3 is 5.97 Å². The molecule has 0 saturated heterocycles. The number of para-hydroxylation sites is 1. The maximum absolute atomic E-state index is 12.8. The second kappa shape index (κ2) is 7.43. The Bertz CT molecular complexity index is 1070. The molecule has 2 aromatic carbocycles. The van der Waals surface area contributed by atoms with Crippen LogP contribution in [0, 0.1) is 13.8 Å². The molecule has 0 aliphatic heterocycles. The number of nitrogens with one attached hydrogen (secondary N) is 1. The molecule has 0 bridgehead atoms. The first kappa shape index (κ1) is 18.2. The van der Waals surface area contributed by atoms with Gasteiger partial charge in [-0.2, -0.15) is 0 Å². The fourth-order valence-corrected chi connectivity index (χ4v) is 3.29. The number of aryl methyl sites for hydroxylation is 2. The van der Waals surface area contributed by atoms with Gasteiger partial charge in [0.15, 0.2) is 6.61 Å². The molecule has 142 valence electrons. The fourth-order valence-electron chi connectivity index (χ4n) is 3.29. The van der Waals surface area contributed by atoms with Crippen LogP contribution in [0.4, 0.5) is 0 Å². The zero-order valence-electron chi connectivity index (χ0n) is 16.0. The van der Waals surface area contributed by atoms with Crippen molar-refractivity contribution >= 4 is 22.8 Å². The minimum Gasteiger partial charge on any atom is -0.452 e. The quantitative estimate of drug-likeness (QED) is 0.687.